The van der Waals surface area contributed by atoms with E-state index >= 15 is 0 Å². The number of nitro benzene ring substituents is 1. The molecule has 0 fully saturated rings. The molecule has 104 valence electrons. The van der Waals surface area contributed by atoms with Gasteiger partial charge in [0, 0.05) is 29.5 Å². The second-order valence-electron chi connectivity index (χ2n) is 4.27. The minimum absolute atomic E-state index is 0.00857. The first-order valence-corrected chi connectivity index (χ1v) is 6.23. The predicted molar refractivity (Wildman–Crippen MR) is 75.9 cm³/mol. The highest BCUT2D eigenvalue weighted by Crippen LogP contribution is 2.22. The molecule has 7 heteroatoms. The summed E-state index contributed by atoms with van der Waals surface area (Å²) in [5.74, 6) is 6.31. The molecule has 3 N–H and O–H groups in total. The number of nitrogens with zero attached hydrogens (tertiary/aromatic N) is 3. The van der Waals surface area contributed by atoms with Crippen LogP contribution in [0.1, 0.15) is 19.0 Å². The van der Waals surface area contributed by atoms with E-state index in [0.717, 1.165) is 18.5 Å². The number of aryl methyl sites for hydroxylation is 1. The zero-order valence-electron chi connectivity index (χ0n) is 11.0. The number of nitrogens with one attached hydrogen (secondary N) is 1. The fourth-order valence-electron chi connectivity index (χ4n) is 1.84. The number of anilines is 1. The Balaban J connectivity index is 2.48. The zero-order valence-corrected chi connectivity index (χ0v) is 11.0. The van der Waals surface area contributed by atoms with E-state index in [4.69, 9.17) is 5.84 Å². The van der Waals surface area contributed by atoms with Crippen molar-refractivity contribution in [2.45, 2.75) is 19.8 Å². The van der Waals surface area contributed by atoms with Gasteiger partial charge in [-0.25, -0.2) is 15.8 Å². The number of hydrazine groups is 1. The van der Waals surface area contributed by atoms with E-state index in [-0.39, 0.29) is 5.69 Å². The summed E-state index contributed by atoms with van der Waals surface area (Å²) >= 11 is 0. The van der Waals surface area contributed by atoms with Gasteiger partial charge in [-0.3, -0.25) is 10.1 Å². The Bertz CT molecular complexity index is 630. The number of hydrogen-bond acceptors (Lipinski definition) is 6. The van der Waals surface area contributed by atoms with E-state index in [2.05, 4.69) is 15.4 Å². The van der Waals surface area contributed by atoms with Gasteiger partial charge in [-0.2, -0.15) is 0 Å². The summed E-state index contributed by atoms with van der Waals surface area (Å²) in [7, 11) is 0. The zero-order chi connectivity index (χ0) is 14.5. The molecular weight excluding hydrogens is 258 g/mol. The lowest BCUT2D eigenvalue weighted by atomic mass is 10.1. The first kappa shape index (κ1) is 13.9. The van der Waals surface area contributed by atoms with Gasteiger partial charge in [0.25, 0.3) is 5.69 Å². The van der Waals surface area contributed by atoms with Crippen LogP contribution in [0.4, 0.5) is 11.5 Å². The van der Waals surface area contributed by atoms with Crippen molar-refractivity contribution >= 4 is 11.5 Å². The second kappa shape index (κ2) is 6.07. The Labute approximate surface area is 116 Å². The van der Waals surface area contributed by atoms with E-state index in [1.165, 1.54) is 12.1 Å². The molecule has 0 radical (unpaired) electrons. The van der Waals surface area contributed by atoms with Crippen LogP contribution in [0.15, 0.2) is 30.3 Å². The van der Waals surface area contributed by atoms with Crippen LogP contribution < -0.4 is 11.3 Å². The van der Waals surface area contributed by atoms with Crippen LogP contribution >= 0.6 is 0 Å². The summed E-state index contributed by atoms with van der Waals surface area (Å²) in [5, 5.41) is 10.8. The smallest absolute Gasteiger partial charge is 0.270 e. The van der Waals surface area contributed by atoms with Crippen molar-refractivity contribution in [1.29, 1.82) is 0 Å². The van der Waals surface area contributed by atoms with Gasteiger partial charge in [-0.1, -0.05) is 25.5 Å². The molecule has 1 aromatic carbocycles. The van der Waals surface area contributed by atoms with Crippen molar-refractivity contribution in [2.75, 3.05) is 5.43 Å². The van der Waals surface area contributed by atoms with Crippen LogP contribution in [0.5, 0.6) is 0 Å². The molecule has 0 aliphatic rings. The van der Waals surface area contributed by atoms with Gasteiger partial charge in [0.1, 0.15) is 5.82 Å². The first-order valence-electron chi connectivity index (χ1n) is 6.23. The van der Waals surface area contributed by atoms with Crippen molar-refractivity contribution in [3.8, 4) is 11.4 Å². The molecule has 0 saturated heterocycles. The molecule has 0 bridgehead atoms. The number of nitrogens with two attached hydrogens (primary N) is 1. The number of hydrogen-bond donors (Lipinski definition) is 2. The van der Waals surface area contributed by atoms with E-state index in [9.17, 15) is 10.1 Å². The molecule has 1 aromatic heterocycles. The van der Waals surface area contributed by atoms with Crippen molar-refractivity contribution in [3.63, 3.8) is 0 Å². The molecule has 2 rings (SSSR count). The summed E-state index contributed by atoms with van der Waals surface area (Å²) in [4.78, 5) is 19.0. The summed E-state index contributed by atoms with van der Waals surface area (Å²) in [6.07, 6.45) is 1.73. The molecule has 7 nitrogen and oxygen atoms in total. The third kappa shape index (κ3) is 3.07. The van der Waals surface area contributed by atoms with Gasteiger partial charge < -0.3 is 5.43 Å². The van der Waals surface area contributed by atoms with Gasteiger partial charge >= 0.3 is 0 Å². The lowest BCUT2D eigenvalue weighted by molar-refractivity contribution is -0.384. The average Bonchev–Trinajstić information content (AvgIpc) is 2.47. The predicted octanol–water partition coefficient (Wildman–Crippen LogP) is 2.29. The van der Waals surface area contributed by atoms with Crippen molar-refractivity contribution in [1.82, 2.24) is 9.97 Å². The van der Waals surface area contributed by atoms with E-state index in [1.54, 1.807) is 18.2 Å². The highest BCUT2D eigenvalue weighted by Gasteiger charge is 2.11. The highest BCUT2D eigenvalue weighted by molar-refractivity contribution is 5.61. The van der Waals surface area contributed by atoms with E-state index in [0.29, 0.717) is 17.2 Å². The number of aromatic nitrogens is 2. The van der Waals surface area contributed by atoms with Crippen LogP contribution in [0.25, 0.3) is 11.4 Å². The maximum atomic E-state index is 10.8. The van der Waals surface area contributed by atoms with E-state index < -0.39 is 4.92 Å². The number of benzene rings is 1. The Morgan fingerprint density at radius 2 is 2.15 bits per heavy atom. The maximum absolute atomic E-state index is 10.8. The van der Waals surface area contributed by atoms with Crippen molar-refractivity contribution < 1.29 is 4.92 Å². The highest BCUT2D eigenvalue weighted by atomic mass is 16.6. The standard InChI is InChI=1S/C13H15N5O2/c1-2-4-10-8-12(17-14)16-13(15-10)9-5-3-6-11(7-9)18(19)20/h3,5-8H,2,4,14H2,1H3,(H,15,16,17). The SMILES string of the molecule is CCCc1cc(NN)nc(-c2cccc([N+](=O)[O-])c2)n1. The van der Waals surface area contributed by atoms with Crippen molar-refractivity contribution in [2.24, 2.45) is 5.84 Å². The largest absolute Gasteiger partial charge is 0.308 e. The number of nitro groups is 1. The molecule has 0 saturated carbocycles. The second-order valence-corrected chi connectivity index (χ2v) is 4.27. The normalized spacial score (nSPS) is 10.3. The Kier molecular flexibility index (Phi) is 4.21. The van der Waals surface area contributed by atoms with Gasteiger partial charge in [0.05, 0.1) is 4.92 Å². The molecule has 0 aliphatic carbocycles. The van der Waals surface area contributed by atoms with Crippen LogP contribution in [0.2, 0.25) is 0 Å². The number of nitrogen functional groups attached to an aromatic ring is 1. The molecule has 0 unspecified atom stereocenters. The molecular formula is C13H15N5O2. The fraction of sp³-hybridized carbons (Fsp3) is 0.231. The molecule has 0 aliphatic heterocycles. The third-order valence-corrected chi connectivity index (χ3v) is 2.75. The van der Waals surface area contributed by atoms with Gasteiger partial charge in [0.2, 0.25) is 0 Å². The van der Waals surface area contributed by atoms with Crippen LogP contribution in [-0.4, -0.2) is 14.9 Å². The lowest BCUT2D eigenvalue weighted by Gasteiger charge is -2.07. The van der Waals surface area contributed by atoms with Crippen LogP contribution in [0.3, 0.4) is 0 Å². The van der Waals surface area contributed by atoms with Gasteiger partial charge in [0.15, 0.2) is 5.82 Å². The lowest BCUT2D eigenvalue weighted by Crippen LogP contribution is -2.10. The van der Waals surface area contributed by atoms with Gasteiger partial charge in [-0.15, -0.1) is 0 Å². The third-order valence-electron chi connectivity index (χ3n) is 2.75. The molecule has 0 atom stereocenters. The topological polar surface area (TPSA) is 107 Å². The Morgan fingerprint density at radius 3 is 2.80 bits per heavy atom. The van der Waals surface area contributed by atoms with Crippen LogP contribution in [-0.2, 0) is 6.42 Å². The molecule has 0 spiro atoms. The van der Waals surface area contributed by atoms with Crippen molar-refractivity contribution in [3.05, 3.63) is 46.1 Å². The summed E-state index contributed by atoms with van der Waals surface area (Å²) in [6, 6.07) is 7.99. The monoisotopic (exact) mass is 273 g/mol. The quantitative estimate of drug-likeness (QED) is 0.491. The average molecular weight is 273 g/mol. The van der Waals surface area contributed by atoms with Crippen LogP contribution in [0, 0.1) is 10.1 Å². The number of non-ortho nitro benzene ring substituents is 1. The Hall–Kier alpha value is -2.54. The number of rotatable bonds is 5. The van der Waals surface area contributed by atoms with E-state index in [1.807, 2.05) is 6.92 Å². The molecule has 20 heavy (non-hydrogen) atoms. The fourth-order valence-corrected chi connectivity index (χ4v) is 1.84. The molecule has 0 amide bonds. The molecule has 2 aromatic rings. The summed E-state index contributed by atoms with van der Waals surface area (Å²) < 4.78 is 0. The first-order chi connectivity index (χ1) is 9.63. The van der Waals surface area contributed by atoms with Gasteiger partial charge in [-0.05, 0) is 6.42 Å². The summed E-state index contributed by atoms with van der Waals surface area (Å²) in [6.45, 7) is 2.05. The minimum atomic E-state index is -0.443. The molecule has 1 heterocycles. The maximum Gasteiger partial charge on any atom is 0.270 e. The summed E-state index contributed by atoms with van der Waals surface area (Å²) in [5.41, 5.74) is 3.93. The Morgan fingerprint density at radius 1 is 1.35 bits per heavy atom. The minimum Gasteiger partial charge on any atom is -0.308 e.